The van der Waals surface area contributed by atoms with Gasteiger partial charge in [-0.15, -0.1) is 0 Å². The van der Waals surface area contributed by atoms with Gasteiger partial charge in [0.05, 0.1) is 25.0 Å². The highest BCUT2D eigenvalue weighted by molar-refractivity contribution is 5.89. The summed E-state index contributed by atoms with van der Waals surface area (Å²) in [6.07, 6.45) is 12.6. The fraction of sp³-hybridized carbons (Fsp3) is 0.938. The average Bonchev–Trinajstić information content (AvgIpc) is 2.49. The first kappa shape index (κ1) is 15.8. The fourth-order valence-corrected chi connectivity index (χ4v) is 3.44. The second kappa shape index (κ2) is 9.35. The molecule has 0 amide bonds. The Morgan fingerprint density at radius 2 is 1.50 bits per heavy atom. The van der Waals surface area contributed by atoms with Crippen LogP contribution in [0.5, 0.6) is 0 Å². The molecular formula is C16H30N2O2. The van der Waals surface area contributed by atoms with Gasteiger partial charge in [-0.3, -0.25) is 4.90 Å². The summed E-state index contributed by atoms with van der Waals surface area (Å²) in [4.78, 5) is 2.46. The van der Waals surface area contributed by atoms with E-state index in [0.717, 1.165) is 44.9 Å². The predicted octanol–water partition coefficient (Wildman–Crippen LogP) is 3.43. The van der Waals surface area contributed by atoms with Gasteiger partial charge in [-0.25, -0.2) is 0 Å². The van der Waals surface area contributed by atoms with Crippen LogP contribution in [-0.2, 0) is 4.74 Å². The molecule has 1 aliphatic carbocycles. The maximum atomic E-state index is 9.43. The molecule has 116 valence electrons. The second-order valence-electron chi connectivity index (χ2n) is 6.12. The van der Waals surface area contributed by atoms with E-state index in [1.807, 2.05) is 0 Å². The minimum atomic E-state index is 0.336. The monoisotopic (exact) mass is 282 g/mol. The van der Waals surface area contributed by atoms with E-state index >= 15 is 0 Å². The minimum absolute atomic E-state index is 0.336. The molecule has 0 aromatic carbocycles. The van der Waals surface area contributed by atoms with E-state index in [2.05, 4.69) is 10.1 Å². The third kappa shape index (κ3) is 5.06. The zero-order chi connectivity index (χ0) is 14.0. The molecule has 1 N–H and O–H groups in total. The Labute approximate surface area is 123 Å². The van der Waals surface area contributed by atoms with Crippen LogP contribution in [0.4, 0.5) is 0 Å². The highest BCUT2D eigenvalue weighted by Crippen LogP contribution is 2.20. The van der Waals surface area contributed by atoms with Crippen molar-refractivity contribution in [2.45, 2.75) is 70.3 Å². The quantitative estimate of drug-likeness (QED) is 0.592. The zero-order valence-corrected chi connectivity index (χ0v) is 12.7. The number of oxime groups is 1. The summed E-state index contributed by atoms with van der Waals surface area (Å²) in [5.41, 5.74) is 1.01. The first-order valence-corrected chi connectivity index (χ1v) is 8.44. The lowest BCUT2D eigenvalue weighted by Crippen LogP contribution is -2.47. The lowest BCUT2D eigenvalue weighted by Gasteiger charge is -2.35. The topological polar surface area (TPSA) is 45.1 Å². The molecule has 2 rings (SSSR count). The van der Waals surface area contributed by atoms with Gasteiger partial charge < -0.3 is 9.94 Å². The van der Waals surface area contributed by atoms with Gasteiger partial charge >= 0.3 is 0 Å². The van der Waals surface area contributed by atoms with Gasteiger partial charge in [-0.1, -0.05) is 50.1 Å². The summed E-state index contributed by atoms with van der Waals surface area (Å²) >= 11 is 0. The van der Waals surface area contributed by atoms with Crippen LogP contribution in [0.25, 0.3) is 0 Å². The number of hydrogen-bond donors (Lipinski definition) is 1. The molecule has 1 heterocycles. The second-order valence-corrected chi connectivity index (χ2v) is 6.12. The van der Waals surface area contributed by atoms with Gasteiger partial charge in [0.25, 0.3) is 0 Å². The van der Waals surface area contributed by atoms with Crippen molar-refractivity contribution in [1.29, 1.82) is 0 Å². The summed E-state index contributed by atoms with van der Waals surface area (Å²) in [7, 11) is 0. The van der Waals surface area contributed by atoms with E-state index in [1.165, 1.54) is 51.4 Å². The van der Waals surface area contributed by atoms with Gasteiger partial charge in [-0.05, 0) is 19.3 Å². The highest BCUT2D eigenvalue weighted by Gasteiger charge is 2.25. The maximum Gasteiger partial charge on any atom is 0.0742 e. The van der Waals surface area contributed by atoms with E-state index in [0.29, 0.717) is 6.04 Å². The molecule has 1 saturated carbocycles. The van der Waals surface area contributed by atoms with Gasteiger partial charge in [-0.2, -0.15) is 0 Å². The van der Waals surface area contributed by atoms with E-state index in [-0.39, 0.29) is 0 Å². The van der Waals surface area contributed by atoms with Crippen LogP contribution in [0.2, 0.25) is 0 Å². The normalized spacial score (nSPS) is 30.6. The summed E-state index contributed by atoms with van der Waals surface area (Å²) in [6.45, 7) is 3.58. The van der Waals surface area contributed by atoms with Crippen LogP contribution >= 0.6 is 0 Å². The van der Waals surface area contributed by atoms with E-state index in [9.17, 15) is 5.21 Å². The van der Waals surface area contributed by atoms with Crippen LogP contribution in [0.15, 0.2) is 5.16 Å². The molecule has 20 heavy (non-hydrogen) atoms. The Morgan fingerprint density at radius 1 is 0.900 bits per heavy atom. The Morgan fingerprint density at radius 3 is 2.15 bits per heavy atom. The molecule has 4 nitrogen and oxygen atoms in total. The number of morpholine rings is 1. The van der Waals surface area contributed by atoms with E-state index < -0.39 is 0 Å². The Balaban J connectivity index is 1.96. The summed E-state index contributed by atoms with van der Waals surface area (Å²) in [5, 5.41) is 13.1. The predicted molar refractivity (Wildman–Crippen MR) is 81.6 cm³/mol. The molecule has 0 aromatic heterocycles. The van der Waals surface area contributed by atoms with Crippen LogP contribution in [0.3, 0.4) is 0 Å². The number of nitrogens with zero attached hydrogens (tertiary/aromatic N) is 2. The summed E-state index contributed by atoms with van der Waals surface area (Å²) < 4.78 is 5.45. The molecule has 1 saturated heterocycles. The summed E-state index contributed by atoms with van der Waals surface area (Å²) in [6, 6.07) is 0.336. The third-order valence-corrected chi connectivity index (χ3v) is 4.66. The van der Waals surface area contributed by atoms with Crippen molar-refractivity contribution in [2.75, 3.05) is 26.3 Å². The molecule has 2 aliphatic rings. The fourth-order valence-electron chi connectivity index (χ4n) is 3.44. The van der Waals surface area contributed by atoms with E-state index in [1.54, 1.807) is 0 Å². The molecule has 1 atom stereocenters. The Bertz CT molecular complexity index is 288. The molecule has 0 aromatic rings. The Kier molecular flexibility index (Phi) is 7.37. The number of rotatable bonds is 1. The van der Waals surface area contributed by atoms with Gasteiger partial charge in [0.15, 0.2) is 0 Å². The average molecular weight is 282 g/mol. The largest absolute Gasteiger partial charge is 0.411 e. The van der Waals surface area contributed by atoms with Crippen molar-refractivity contribution in [3.8, 4) is 0 Å². The van der Waals surface area contributed by atoms with Gasteiger partial charge in [0.2, 0.25) is 0 Å². The zero-order valence-electron chi connectivity index (χ0n) is 12.7. The van der Waals surface area contributed by atoms with Crippen molar-refractivity contribution in [3.05, 3.63) is 0 Å². The van der Waals surface area contributed by atoms with Crippen molar-refractivity contribution >= 4 is 5.71 Å². The van der Waals surface area contributed by atoms with Crippen molar-refractivity contribution in [1.82, 2.24) is 4.90 Å². The molecule has 4 heteroatoms. The maximum absolute atomic E-state index is 9.43. The SMILES string of the molecule is ON=C1CCCCCCCCCCC1N1CCOCC1. The lowest BCUT2D eigenvalue weighted by atomic mass is 9.95. The van der Waals surface area contributed by atoms with Crippen LogP contribution < -0.4 is 0 Å². The summed E-state index contributed by atoms with van der Waals surface area (Å²) in [5.74, 6) is 0. The molecule has 0 spiro atoms. The number of ether oxygens (including phenoxy) is 1. The first-order chi connectivity index (χ1) is 9.92. The third-order valence-electron chi connectivity index (χ3n) is 4.66. The molecule has 0 bridgehead atoms. The van der Waals surface area contributed by atoms with Crippen molar-refractivity contribution in [3.63, 3.8) is 0 Å². The molecule has 1 aliphatic heterocycles. The molecule has 2 fully saturated rings. The highest BCUT2D eigenvalue weighted by atomic mass is 16.5. The standard InChI is InChI=1S/C16H30N2O2/c19-17-15-9-7-5-3-1-2-4-6-8-10-16(15)18-11-13-20-14-12-18/h16,19H,1-14H2. The Hall–Kier alpha value is -0.610. The molecular weight excluding hydrogens is 252 g/mol. The first-order valence-electron chi connectivity index (χ1n) is 8.44. The molecule has 1 unspecified atom stereocenters. The lowest BCUT2D eigenvalue weighted by molar-refractivity contribution is 0.0263. The van der Waals surface area contributed by atoms with Crippen LogP contribution in [0.1, 0.15) is 64.2 Å². The smallest absolute Gasteiger partial charge is 0.0742 e. The van der Waals surface area contributed by atoms with Crippen LogP contribution in [0, 0.1) is 0 Å². The van der Waals surface area contributed by atoms with Crippen LogP contribution in [-0.4, -0.2) is 48.2 Å². The van der Waals surface area contributed by atoms with Crippen molar-refractivity contribution in [2.24, 2.45) is 5.16 Å². The number of hydrogen-bond acceptors (Lipinski definition) is 4. The minimum Gasteiger partial charge on any atom is -0.411 e. The van der Waals surface area contributed by atoms with Gasteiger partial charge in [0.1, 0.15) is 0 Å². The van der Waals surface area contributed by atoms with Crippen molar-refractivity contribution < 1.29 is 9.94 Å². The van der Waals surface area contributed by atoms with E-state index in [4.69, 9.17) is 4.74 Å². The molecule has 0 radical (unpaired) electrons. The van der Waals surface area contributed by atoms with Gasteiger partial charge in [0, 0.05) is 13.1 Å².